The van der Waals surface area contributed by atoms with Crippen molar-refractivity contribution >= 4 is 5.91 Å². The fourth-order valence-electron chi connectivity index (χ4n) is 3.47. The van der Waals surface area contributed by atoms with Gasteiger partial charge in [-0.3, -0.25) is 4.79 Å². The molecule has 1 aliphatic heterocycles. The van der Waals surface area contributed by atoms with Crippen molar-refractivity contribution in [2.75, 3.05) is 13.1 Å². The van der Waals surface area contributed by atoms with Gasteiger partial charge in [-0.1, -0.05) is 17.7 Å². The predicted molar refractivity (Wildman–Crippen MR) is 102 cm³/mol. The summed E-state index contributed by atoms with van der Waals surface area (Å²) in [4.78, 5) is 15.2. The summed E-state index contributed by atoms with van der Waals surface area (Å²) in [7, 11) is 0. The molecule has 0 unspecified atom stereocenters. The van der Waals surface area contributed by atoms with Crippen LogP contribution in [0.2, 0.25) is 0 Å². The van der Waals surface area contributed by atoms with Gasteiger partial charge in [-0.15, -0.1) is 0 Å². The fraction of sp³-hybridized carbons (Fsp3) is 0.333. The first kappa shape index (κ1) is 17.5. The number of carbonyl (C=O) groups excluding carboxylic acids is 1. The van der Waals surface area contributed by atoms with E-state index in [0.717, 1.165) is 11.3 Å². The summed E-state index contributed by atoms with van der Waals surface area (Å²) < 4.78 is 12.9. The molecule has 0 saturated carbocycles. The Labute approximate surface area is 158 Å². The Kier molecular flexibility index (Phi) is 4.58. The van der Waals surface area contributed by atoms with Crippen LogP contribution in [0.3, 0.4) is 0 Å². The van der Waals surface area contributed by atoms with E-state index in [4.69, 9.17) is 9.15 Å². The number of amides is 1. The number of rotatable bonds is 3. The first-order valence-electron chi connectivity index (χ1n) is 9.17. The van der Waals surface area contributed by atoms with E-state index in [1.807, 2.05) is 62.1 Å². The summed E-state index contributed by atoms with van der Waals surface area (Å²) in [6.07, 6.45) is 1.63. The van der Waals surface area contributed by atoms with Crippen LogP contribution >= 0.6 is 0 Å². The van der Waals surface area contributed by atoms with Gasteiger partial charge in [0.1, 0.15) is 11.4 Å². The van der Waals surface area contributed by atoms with Crippen LogP contribution in [0.15, 0.2) is 53.1 Å². The molecule has 2 atom stereocenters. The number of hydrogen-bond acceptors (Lipinski definition) is 4. The third kappa shape index (κ3) is 3.53. The van der Waals surface area contributed by atoms with Crippen LogP contribution in [-0.4, -0.2) is 45.9 Å². The van der Waals surface area contributed by atoms with Gasteiger partial charge < -0.3 is 14.1 Å². The van der Waals surface area contributed by atoms with Crippen molar-refractivity contribution in [3.05, 3.63) is 60.0 Å². The second-order valence-corrected chi connectivity index (χ2v) is 7.11. The molecule has 3 heterocycles. The van der Waals surface area contributed by atoms with E-state index in [1.165, 1.54) is 0 Å². The lowest BCUT2D eigenvalue weighted by Gasteiger charge is -2.35. The van der Waals surface area contributed by atoms with Crippen LogP contribution < -0.4 is 0 Å². The lowest BCUT2D eigenvalue weighted by atomic mass is 10.2. The Morgan fingerprint density at radius 2 is 1.81 bits per heavy atom. The van der Waals surface area contributed by atoms with E-state index in [1.54, 1.807) is 17.0 Å². The maximum atomic E-state index is 13.3. The number of ether oxygens (including phenoxy) is 1. The SMILES string of the molecule is Cc1ccc(-n2nc(-c3ccco3)cc2C(=O)N2C[C@H](C)O[C@@H](C)C2)cc1. The van der Waals surface area contributed by atoms with E-state index in [2.05, 4.69) is 5.10 Å². The van der Waals surface area contributed by atoms with Gasteiger partial charge in [0.2, 0.25) is 0 Å². The zero-order chi connectivity index (χ0) is 19.0. The zero-order valence-electron chi connectivity index (χ0n) is 15.8. The number of aryl methyl sites for hydroxylation is 1. The fourth-order valence-corrected chi connectivity index (χ4v) is 3.47. The van der Waals surface area contributed by atoms with Gasteiger partial charge in [-0.25, -0.2) is 4.68 Å². The van der Waals surface area contributed by atoms with Gasteiger partial charge in [0.25, 0.3) is 5.91 Å². The van der Waals surface area contributed by atoms with E-state index in [0.29, 0.717) is 30.2 Å². The third-order valence-electron chi connectivity index (χ3n) is 4.69. The van der Waals surface area contributed by atoms with Crippen molar-refractivity contribution < 1.29 is 13.9 Å². The molecule has 1 saturated heterocycles. The molecule has 0 aliphatic carbocycles. The second kappa shape index (κ2) is 7.04. The summed E-state index contributed by atoms with van der Waals surface area (Å²) in [6, 6.07) is 13.4. The lowest BCUT2D eigenvalue weighted by Crippen LogP contribution is -2.48. The van der Waals surface area contributed by atoms with Crippen LogP contribution in [0, 0.1) is 6.92 Å². The summed E-state index contributed by atoms with van der Waals surface area (Å²) in [5.41, 5.74) is 3.15. The molecule has 1 fully saturated rings. The van der Waals surface area contributed by atoms with Crippen LogP contribution in [-0.2, 0) is 4.74 Å². The monoisotopic (exact) mass is 365 g/mol. The van der Waals surface area contributed by atoms with Gasteiger partial charge in [-0.2, -0.15) is 5.10 Å². The quantitative estimate of drug-likeness (QED) is 0.710. The van der Waals surface area contributed by atoms with Crippen molar-refractivity contribution in [2.45, 2.75) is 33.0 Å². The second-order valence-electron chi connectivity index (χ2n) is 7.11. The summed E-state index contributed by atoms with van der Waals surface area (Å²) in [6.45, 7) is 7.14. The van der Waals surface area contributed by atoms with Crippen LogP contribution in [0.25, 0.3) is 17.1 Å². The molecule has 0 bridgehead atoms. The molecular weight excluding hydrogens is 342 g/mol. The Morgan fingerprint density at radius 1 is 1.11 bits per heavy atom. The Hall–Kier alpha value is -2.86. The minimum atomic E-state index is -0.0529. The average molecular weight is 365 g/mol. The number of aromatic nitrogens is 2. The van der Waals surface area contributed by atoms with Gasteiger partial charge >= 0.3 is 0 Å². The van der Waals surface area contributed by atoms with Gasteiger partial charge in [0, 0.05) is 19.2 Å². The summed E-state index contributed by atoms with van der Waals surface area (Å²) in [5, 5.41) is 4.65. The molecule has 140 valence electrons. The molecule has 6 heteroatoms. The van der Waals surface area contributed by atoms with Crippen molar-refractivity contribution in [2.24, 2.45) is 0 Å². The van der Waals surface area contributed by atoms with Crippen LogP contribution in [0.1, 0.15) is 29.9 Å². The van der Waals surface area contributed by atoms with E-state index < -0.39 is 0 Å². The highest BCUT2D eigenvalue weighted by atomic mass is 16.5. The van der Waals surface area contributed by atoms with E-state index >= 15 is 0 Å². The normalized spacial score (nSPS) is 20.0. The Bertz CT molecular complexity index is 918. The van der Waals surface area contributed by atoms with Crippen molar-refractivity contribution in [3.63, 3.8) is 0 Å². The zero-order valence-corrected chi connectivity index (χ0v) is 15.8. The number of nitrogens with zero attached hydrogens (tertiary/aromatic N) is 3. The van der Waals surface area contributed by atoms with Gasteiger partial charge in [-0.05, 0) is 45.0 Å². The molecule has 2 aromatic heterocycles. The standard InChI is InChI=1S/C21H23N3O3/c1-14-6-8-17(9-7-14)24-19(11-18(22-24)20-5-4-10-26-20)21(25)23-12-15(2)27-16(3)13-23/h4-11,15-16H,12-13H2,1-3H3/t15-,16-/m0/s1. The first-order chi connectivity index (χ1) is 13.0. The highest BCUT2D eigenvalue weighted by Gasteiger charge is 2.29. The largest absolute Gasteiger partial charge is 0.463 e. The lowest BCUT2D eigenvalue weighted by molar-refractivity contribution is -0.0588. The number of morpholine rings is 1. The smallest absolute Gasteiger partial charge is 0.272 e. The molecule has 1 amide bonds. The molecule has 3 aromatic rings. The summed E-state index contributed by atoms with van der Waals surface area (Å²) in [5.74, 6) is 0.585. The van der Waals surface area contributed by atoms with Crippen molar-refractivity contribution in [1.82, 2.24) is 14.7 Å². The molecule has 0 N–H and O–H groups in total. The minimum Gasteiger partial charge on any atom is -0.463 e. The first-order valence-corrected chi connectivity index (χ1v) is 9.17. The van der Waals surface area contributed by atoms with Crippen molar-refractivity contribution in [1.29, 1.82) is 0 Å². The molecular formula is C21H23N3O3. The number of furan rings is 1. The number of carbonyl (C=O) groups is 1. The topological polar surface area (TPSA) is 60.5 Å². The highest BCUT2D eigenvalue weighted by molar-refractivity contribution is 5.94. The number of benzene rings is 1. The van der Waals surface area contributed by atoms with E-state index in [9.17, 15) is 4.79 Å². The Balaban J connectivity index is 1.76. The molecule has 0 spiro atoms. The molecule has 1 aromatic carbocycles. The minimum absolute atomic E-state index is 0.0120. The predicted octanol–water partition coefficient (Wildman–Crippen LogP) is 3.69. The van der Waals surface area contributed by atoms with Gasteiger partial charge in [0.05, 0.1) is 24.2 Å². The van der Waals surface area contributed by atoms with Crippen LogP contribution in [0.4, 0.5) is 0 Å². The third-order valence-corrected chi connectivity index (χ3v) is 4.69. The van der Waals surface area contributed by atoms with Crippen LogP contribution in [0.5, 0.6) is 0 Å². The molecule has 0 radical (unpaired) electrons. The molecule has 27 heavy (non-hydrogen) atoms. The van der Waals surface area contributed by atoms with Gasteiger partial charge in [0.15, 0.2) is 5.76 Å². The van der Waals surface area contributed by atoms with E-state index in [-0.39, 0.29) is 18.1 Å². The molecule has 1 aliphatic rings. The maximum Gasteiger partial charge on any atom is 0.272 e. The highest BCUT2D eigenvalue weighted by Crippen LogP contribution is 2.24. The molecule has 6 nitrogen and oxygen atoms in total. The Morgan fingerprint density at radius 3 is 2.44 bits per heavy atom. The number of hydrogen-bond donors (Lipinski definition) is 0. The summed E-state index contributed by atoms with van der Waals surface area (Å²) >= 11 is 0. The molecule has 4 rings (SSSR count). The average Bonchev–Trinajstić information content (AvgIpc) is 3.30. The maximum absolute atomic E-state index is 13.3. The van der Waals surface area contributed by atoms with Crippen molar-refractivity contribution in [3.8, 4) is 17.1 Å².